The number of hydrogen-bond acceptors (Lipinski definition) is 0. The van der Waals surface area contributed by atoms with Crippen molar-refractivity contribution in [2.45, 2.75) is 32.4 Å². The average molecular weight is 228 g/mol. The maximum atomic E-state index is 12.8. The van der Waals surface area contributed by atoms with Crippen LogP contribution in [-0.4, -0.2) is 6.18 Å². The molecule has 0 nitrogen and oxygen atoms in total. The summed E-state index contributed by atoms with van der Waals surface area (Å²) in [5.74, 6) is -1.44. The molecule has 0 aliphatic rings. The monoisotopic (exact) mass is 228 g/mol. The quantitative estimate of drug-likeness (QED) is 0.663. The van der Waals surface area contributed by atoms with Crippen molar-refractivity contribution in [3.63, 3.8) is 0 Å². The van der Waals surface area contributed by atoms with Crippen LogP contribution in [0.15, 0.2) is 36.4 Å². The molecule has 0 radical (unpaired) electrons. The Bertz CT molecular complexity index is 360. The van der Waals surface area contributed by atoms with Gasteiger partial charge in [0.2, 0.25) is 0 Å². The van der Waals surface area contributed by atoms with Crippen LogP contribution in [0.3, 0.4) is 0 Å². The van der Waals surface area contributed by atoms with Crippen LogP contribution in [0.1, 0.15) is 30.4 Å². The molecule has 1 aromatic rings. The first kappa shape index (κ1) is 12.8. The summed E-state index contributed by atoms with van der Waals surface area (Å²) in [6, 6.07) is 6.48. The molecule has 88 valence electrons. The van der Waals surface area contributed by atoms with Gasteiger partial charge in [0.15, 0.2) is 0 Å². The van der Waals surface area contributed by atoms with Crippen molar-refractivity contribution in [3.8, 4) is 0 Å². The van der Waals surface area contributed by atoms with Crippen LogP contribution >= 0.6 is 0 Å². The second-order valence-electron chi connectivity index (χ2n) is 4.17. The van der Waals surface area contributed by atoms with Gasteiger partial charge in [0.1, 0.15) is 0 Å². The Balaban J connectivity index is 3.01. The van der Waals surface area contributed by atoms with E-state index in [0.29, 0.717) is 11.1 Å². The highest BCUT2D eigenvalue weighted by Gasteiger charge is 2.40. The highest BCUT2D eigenvalue weighted by molar-refractivity contribution is 5.26. The lowest BCUT2D eigenvalue weighted by Crippen LogP contribution is -2.21. The van der Waals surface area contributed by atoms with Gasteiger partial charge in [0.05, 0.1) is 5.92 Å². The average Bonchev–Trinajstić information content (AvgIpc) is 2.14. The van der Waals surface area contributed by atoms with Crippen LogP contribution in [0, 0.1) is 6.92 Å². The Hall–Kier alpha value is -1.25. The molecular formula is C13H15F3. The first-order valence-corrected chi connectivity index (χ1v) is 5.08. The number of rotatable bonds is 3. The molecule has 0 bridgehead atoms. The fourth-order valence-corrected chi connectivity index (χ4v) is 1.57. The third kappa shape index (κ3) is 3.40. The first-order valence-electron chi connectivity index (χ1n) is 5.08. The van der Waals surface area contributed by atoms with Gasteiger partial charge in [-0.3, -0.25) is 0 Å². The van der Waals surface area contributed by atoms with Gasteiger partial charge in [0.25, 0.3) is 0 Å². The van der Waals surface area contributed by atoms with Crippen molar-refractivity contribution in [3.05, 3.63) is 47.5 Å². The van der Waals surface area contributed by atoms with E-state index in [9.17, 15) is 13.2 Å². The van der Waals surface area contributed by atoms with E-state index >= 15 is 0 Å². The van der Waals surface area contributed by atoms with Crippen LogP contribution < -0.4 is 0 Å². The molecule has 1 rings (SSSR count). The Morgan fingerprint density at radius 2 is 1.75 bits per heavy atom. The molecule has 1 atom stereocenters. The van der Waals surface area contributed by atoms with E-state index < -0.39 is 12.1 Å². The molecule has 0 aromatic heterocycles. The van der Waals surface area contributed by atoms with E-state index in [-0.39, 0.29) is 6.42 Å². The van der Waals surface area contributed by atoms with E-state index in [2.05, 4.69) is 6.58 Å². The lowest BCUT2D eigenvalue weighted by atomic mass is 9.92. The zero-order chi connectivity index (χ0) is 12.3. The Morgan fingerprint density at radius 3 is 2.12 bits per heavy atom. The van der Waals surface area contributed by atoms with Crippen LogP contribution in [0.25, 0.3) is 0 Å². The maximum Gasteiger partial charge on any atom is 0.396 e. The zero-order valence-corrected chi connectivity index (χ0v) is 9.43. The highest BCUT2D eigenvalue weighted by atomic mass is 19.4. The second-order valence-corrected chi connectivity index (χ2v) is 4.17. The van der Waals surface area contributed by atoms with E-state index in [1.165, 1.54) is 12.1 Å². The summed E-state index contributed by atoms with van der Waals surface area (Å²) >= 11 is 0. The predicted octanol–water partition coefficient (Wildman–Crippen LogP) is 4.61. The minimum Gasteiger partial charge on any atom is -0.170 e. The molecule has 0 heterocycles. The van der Waals surface area contributed by atoms with E-state index in [1.54, 1.807) is 19.1 Å². The molecule has 0 saturated carbocycles. The molecule has 0 N–H and O–H groups in total. The lowest BCUT2D eigenvalue weighted by molar-refractivity contribution is -0.150. The third-order valence-corrected chi connectivity index (χ3v) is 2.43. The molecule has 0 aliphatic carbocycles. The number of allylic oxidation sites excluding steroid dienone is 1. The van der Waals surface area contributed by atoms with Gasteiger partial charge in [-0.15, -0.1) is 6.58 Å². The van der Waals surface area contributed by atoms with E-state index in [1.807, 2.05) is 6.92 Å². The molecule has 16 heavy (non-hydrogen) atoms. The summed E-state index contributed by atoms with van der Waals surface area (Å²) in [5, 5.41) is 0. The molecule has 3 heteroatoms. The molecule has 0 amide bonds. The van der Waals surface area contributed by atoms with Crippen molar-refractivity contribution in [1.82, 2.24) is 0 Å². The standard InChI is InChI=1S/C13H15F3/c1-9(2)8-12(13(14,15)16)11-6-4-10(3)5-7-11/h4-7,12H,1,8H2,2-3H3. The van der Waals surface area contributed by atoms with E-state index in [4.69, 9.17) is 0 Å². The topological polar surface area (TPSA) is 0 Å². The number of benzene rings is 1. The normalized spacial score (nSPS) is 13.6. The Morgan fingerprint density at radius 1 is 1.25 bits per heavy atom. The highest BCUT2D eigenvalue weighted by Crippen LogP contribution is 2.38. The first-order chi connectivity index (χ1) is 7.30. The fraction of sp³-hybridized carbons (Fsp3) is 0.385. The summed E-state index contributed by atoms with van der Waals surface area (Å²) in [6.07, 6.45) is -4.26. The number of alkyl halides is 3. The smallest absolute Gasteiger partial charge is 0.170 e. The van der Waals surface area contributed by atoms with Crippen molar-refractivity contribution < 1.29 is 13.2 Å². The minimum atomic E-state index is -4.21. The second kappa shape index (κ2) is 4.73. The van der Waals surface area contributed by atoms with E-state index in [0.717, 1.165) is 5.56 Å². The molecule has 0 spiro atoms. The molecular weight excluding hydrogens is 213 g/mol. The van der Waals surface area contributed by atoms with Crippen LogP contribution in [0.2, 0.25) is 0 Å². The maximum absolute atomic E-state index is 12.8. The van der Waals surface area contributed by atoms with Gasteiger partial charge < -0.3 is 0 Å². The zero-order valence-electron chi connectivity index (χ0n) is 9.43. The van der Waals surface area contributed by atoms with Crippen molar-refractivity contribution in [2.75, 3.05) is 0 Å². The van der Waals surface area contributed by atoms with Gasteiger partial charge in [-0.25, -0.2) is 0 Å². The predicted molar refractivity (Wildman–Crippen MR) is 59.4 cm³/mol. The Kier molecular flexibility index (Phi) is 3.79. The van der Waals surface area contributed by atoms with Crippen molar-refractivity contribution in [1.29, 1.82) is 0 Å². The number of hydrogen-bond donors (Lipinski definition) is 0. The van der Waals surface area contributed by atoms with Gasteiger partial charge in [0, 0.05) is 0 Å². The summed E-state index contributed by atoms with van der Waals surface area (Å²) in [6.45, 7) is 7.02. The minimum absolute atomic E-state index is 0.0490. The molecule has 0 aliphatic heterocycles. The fourth-order valence-electron chi connectivity index (χ4n) is 1.57. The lowest BCUT2D eigenvalue weighted by Gasteiger charge is -2.20. The Labute approximate surface area is 93.8 Å². The van der Waals surface area contributed by atoms with Gasteiger partial charge >= 0.3 is 6.18 Å². The van der Waals surface area contributed by atoms with Crippen molar-refractivity contribution in [2.24, 2.45) is 0 Å². The number of aryl methyl sites for hydroxylation is 1. The van der Waals surface area contributed by atoms with Crippen LogP contribution in [0.5, 0.6) is 0 Å². The molecule has 1 unspecified atom stereocenters. The summed E-state index contributed by atoms with van der Waals surface area (Å²) in [7, 11) is 0. The van der Waals surface area contributed by atoms with Crippen LogP contribution in [0.4, 0.5) is 13.2 Å². The van der Waals surface area contributed by atoms with Gasteiger partial charge in [-0.2, -0.15) is 13.2 Å². The number of halogens is 3. The summed E-state index contributed by atoms with van der Waals surface area (Å²) < 4.78 is 38.5. The molecule has 0 saturated heterocycles. The summed E-state index contributed by atoms with van der Waals surface area (Å²) in [4.78, 5) is 0. The summed E-state index contributed by atoms with van der Waals surface area (Å²) in [5.41, 5.74) is 1.81. The molecule has 1 aromatic carbocycles. The van der Waals surface area contributed by atoms with Gasteiger partial charge in [-0.1, -0.05) is 35.4 Å². The van der Waals surface area contributed by atoms with Gasteiger partial charge in [-0.05, 0) is 25.8 Å². The molecule has 0 fully saturated rings. The van der Waals surface area contributed by atoms with Crippen molar-refractivity contribution >= 4 is 0 Å². The third-order valence-electron chi connectivity index (χ3n) is 2.43. The van der Waals surface area contributed by atoms with Crippen LogP contribution in [-0.2, 0) is 0 Å². The SMILES string of the molecule is C=C(C)CC(c1ccc(C)cc1)C(F)(F)F. The largest absolute Gasteiger partial charge is 0.396 e.